The molecule has 0 saturated heterocycles. The topological polar surface area (TPSA) is 63.6 Å². The summed E-state index contributed by atoms with van der Waals surface area (Å²) >= 11 is 0. The Balaban J connectivity index is 1.57. The van der Waals surface area contributed by atoms with Gasteiger partial charge in [-0.15, -0.1) is 0 Å². The highest BCUT2D eigenvalue weighted by molar-refractivity contribution is 5.95. The predicted octanol–water partition coefficient (Wildman–Crippen LogP) is 7.28. The molecule has 4 saturated carbocycles. The fourth-order valence-electron chi connectivity index (χ4n) is 10.7. The third-order valence-electron chi connectivity index (χ3n) is 13.4. The normalized spacial score (nSPS) is 50.8. The molecular formula is C33H52O4. The van der Waals surface area contributed by atoms with E-state index in [1.165, 1.54) is 5.57 Å². The maximum absolute atomic E-state index is 14.4. The molecule has 208 valence electrons. The summed E-state index contributed by atoms with van der Waals surface area (Å²) in [6.07, 6.45) is 10.4. The van der Waals surface area contributed by atoms with Gasteiger partial charge in [0.1, 0.15) is 0 Å². The fraction of sp³-hybridized carbons (Fsp3) is 0.879. The van der Waals surface area contributed by atoms with E-state index in [2.05, 4.69) is 54.5 Å². The average molecular weight is 513 g/mol. The lowest BCUT2D eigenvalue weighted by molar-refractivity contribution is -0.202. The number of ether oxygens (including phenoxy) is 1. The van der Waals surface area contributed by atoms with Crippen LogP contribution in [0.2, 0.25) is 0 Å². The third kappa shape index (κ3) is 3.55. The molecular weight excluding hydrogens is 460 g/mol. The number of carbonyl (C=O) groups is 2. The number of ketones is 1. The zero-order valence-electron chi connectivity index (χ0n) is 25.0. The van der Waals surface area contributed by atoms with Crippen molar-refractivity contribution in [2.45, 2.75) is 132 Å². The van der Waals surface area contributed by atoms with Gasteiger partial charge in [-0.05, 0) is 124 Å². The lowest BCUT2D eigenvalue weighted by Gasteiger charge is -2.70. The van der Waals surface area contributed by atoms with Crippen LogP contribution in [0.5, 0.6) is 0 Å². The Bertz CT molecular complexity index is 1030. The van der Waals surface area contributed by atoms with E-state index >= 15 is 0 Å². The highest BCUT2D eigenvalue weighted by atomic mass is 16.5. The summed E-state index contributed by atoms with van der Waals surface area (Å²) in [5, 5.41) is 10.9. The van der Waals surface area contributed by atoms with E-state index in [9.17, 15) is 14.7 Å². The van der Waals surface area contributed by atoms with Crippen LogP contribution in [0.3, 0.4) is 0 Å². The molecule has 0 radical (unpaired) electrons. The number of hydrogen-bond donors (Lipinski definition) is 1. The molecule has 0 amide bonds. The second-order valence-electron chi connectivity index (χ2n) is 16.1. The van der Waals surface area contributed by atoms with E-state index in [0.717, 1.165) is 57.8 Å². The van der Waals surface area contributed by atoms with Crippen LogP contribution in [-0.2, 0) is 14.3 Å². The summed E-state index contributed by atoms with van der Waals surface area (Å²) in [6.45, 7) is 20.1. The second-order valence-corrected chi connectivity index (χ2v) is 16.1. The highest BCUT2D eigenvalue weighted by Gasteiger charge is 2.70. The van der Waals surface area contributed by atoms with E-state index in [0.29, 0.717) is 11.7 Å². The van der Waals surface area contributed by atoms with Crippen LogP contribution in [0.15, 0.2) is 11.6 Å². The van der Waals surface area contributed by atoms with Gasteiger partial charge in [0.05, 0.1) is 17.6 Å². The number of esters is 1. The quantitative estimate of drug-likeness (QED) is 0.395. The lowest BCUT2D eigenvalue weighted by atomic mass is 9.33. The summed E-state index contributed by atoms with van der Waals surface area (Å²) in [4.78, 5) is 27.6. The van der Waals surface area contributed by atoms with E-state index in [1.54, 1.807) is 0 Å². The molecule has 0 spiro atoms. The van der Waals surface area contributed by atoms with Crippen molar-refractivity contribution < 1.29 is 19.4 Å². The van der Waals surface area contributed by atoms with Gasteiger partial charge in [0, 0.05) is 5.92 Å². The molecule has 37 heavy (non-hydrogen) atoms. The highest BCUT2D eigenvalue weighted by Crippen LogP contribution is 2.75. The molecule has 7 unspecified atom stereocenters. The maximum atomic E-state index is 14.4. The molecule has 1 N–H and O–H groups in total. The molecule has 5 aliphatic carbocycles. The number of allylic oxidation sites excluding steroid dienone is 2. The van der Waals surface area contributed by atoms with Gasteiger partial charge in [-0.1, -0.05) is 47.1 Å². The van der Waals surface area contributed by atoms with Crippen LogP contribution in [0.25, 0.3) is 0 Å². The Labute approximate surface area is 225 Å². The molecule has 0 heterocycles. The zero-order valence-corrected chi connectivity index (χ0v) is 25.0. The van der Waals surface area contributed by atoms with Gasteiger partial charge >= 0.3 is 5.97 Å². The van der Waals surface area contributed by atoms with Gasteiger partial charge < -0.3 is 9.84 Å². The third-order valence-corrected chi connectivity index (χ3v) is 13.4. The number of carbonyl (C=O) groups excluding carboxylic acids is 2. The van der Waals surface area contributed by atoms with Gasteiger partial charge in [0.2, 0.25) is 0 Å². The first-order valence-corrected chi connectivity index (χ1v) is 15.1. The van der Waals surface area contributed by atoms with Crippen LogP contribution >= 0.6 is 0 Å². The van der Waals surface area contributed by atoms with Crippen molar-refractivity contribution in [2.75, 3.05) is 0 Å². The first-order valence-electron chi connectivity index (χ1n) is 15.1. The first-order chi connectivity index (χ1) is 16.9. The Morgan fingerprint density at radius 2 is 1.59 bits per heavy atom. The van der Waals surface area contributed by atoms with Crippen molar-refractivity contribution in [1.29, 1.82) is 0 Å². The van der Waals surface area contributed by atoms with Crippen LogP contribution in [-0.4, -0.2) is 29.1 Å². The number of fused-ring (bicyclic) bond motifs is 7. The molecule has 9 atom stereocenters. The van der Waals surface area contributed by atoms with Crippen molar-refractivity contribution >= 4 is 11.8 Å². The van der Waals surface area contributed by atoms with Crippen LogP contribution in [0.4, 0.5) is 0 Å². The second kappa shape index (κ2) is 8.18. The summed E-state index contributed by atoms with van der Waals surface area (Å²) in [5.41, 5.74) is 0.542. The lowest BCUT2D eigenvalue weighted by Crippen LogP contribution is -2.66. The van der Waals surface area contributed by atoms with Gasteiger partial charge in [-0.25, -0.2) is 0 Å². The van der Waals surface area contributed by atoms with Gasteiger partial charge in [0.25, 0.3) is 0 Å². The summed E-state index contributed by atoms with van der Waals surface area (Å²) in [6, 6.07) is 0. The Morgan fingerprint density at radius 3 is 2.24 bits per heavy atom. The van der Waals surface area contributed by atoms with Gasteiger partial charge in [-0.3, -0.25) is 9.59 Å². The van der Waals surface area contributed by atoms with Crippen molar-refractivity contribution in [3.05, 3.63) is 11.6 Å². The summed E-state index contributed by atoms with van der Waals surface area (Å²) in [5.74, 6) is 0.823. The fourth-order valence-corrected chi connectivity index (χ4v) is 10.7. The van der Waals surface area contributed by atoms with Crippen molar-refractivity contribution in [1.82, 2.24) is 0 Å². The monoisotopic (exact) mass is 512 g/mol. The number of rotatable bonds is 2. The van der Waals surface area contributed by atoms with Crippen molar-refractivity contribution in [2.24, 2.45) is 50.2 Å². The van der Waals surface area contributed by atoms with E-state index in [4.69, 9.17) is 4.74 Å². The molecule has 4 nitrogen and oxygen atoms in total. The van der Waals surface area contributed by atoms with Gasteiger partial charge in [-0.2, -0.15) is 0 Å². The Morgan fingerprint density at radius 1 is 0.946 bits per heavy atom. The van der Waals surface area contributed by atoms with E-state index < -0.39 is 5.41 Å². The van der Waals surface area contributed by atoms with E-state index in [1.807, 2.05) is 13.8 Å². The van der Waals surface area contributed by atoms with Crippen LogP contribution in [0, 0.1) is 50.2 Å². The van der Waals surface area contributed by atoms with Crippen LogP contribution < -0.4 is 0 Å². The molecule has 4 heteroatoms. The van der Waals surface area contributed by atoms with Gasteiger partial charge in [0.15, 0.2) is 5.78 Å². The molecule has 0 aromatic rings. The molecule has 4 fully saturated rings. The largest absolute Gasteiger partial charge is 0.463 e. The zero-order chi connectivity index (χ0) is 27.4. The number of aliphatic hydroxyl groups excluding tert-OH is 1. The molecule has 0 aromatic carbocycles. The number of hydrogen-bond acceptors (Lipinski definition) is 4. The maximum Gasteiger partial charge on any atom is 0.312 e. The molecule has 0 aromatic heterocycles. The van der Waals surface area contributed by atoms with E-state index in [-0.39, 0.29) is 57.1 Å². The minimum absolute atomic E-state index is 0.00971. The smallest absolute Gasteiger partial charge is 0.312 e. The van der Waals surface area contributed by atoms with Crippen LogP contribution in [0.1, 0.15) is 120 Å². The Hall–Kier alpha value is -1.16. The van der Waals surface area contributed by atoms with Crippen molar-refractivity contribution in [3.63, 3.8) is 0 Å². The molecule has 0 aliphatic heterocycles. The average Bonchev–Trinajstić information content (AvgIpc) is 2.78. The van der Waals surface area contributed by atoms with Crippen molar-refractivity contribution in [3.8, 4) is 0 Å². The minimum atomic E-state index is -0.499. The molecule has 5 rings (SSSR count). The summed E-state index contributed by atoms with van der Waals surface area (Å²) < 4.78 is 5.75. The number of aliphatic hydroxyl groups is 1. The Kier molecular flexibility index (Phi) is 6.06. The predicted molar refractivity (Wildman–Crippen MR) is 147 cm³/mol. The molecule has 5 aliphatic rings. The standard InChI is InChI=1S/C33H52O4/c1-20(2)37-27(36)30(6)15-14-29(5)16-17-32(8)21(22(29)19-30)18-23(34)26-31(7)12-11-25(35)28(3,4)24(31)10-13-33(26,32)9/h18,20,22,24-26,35H,10-17,19H2,1-9H3/t22?,24?,25?,26?,29?,30-,31?,32+,33?/m0/s1. The summed E-state index contributed by atoms with van der Waals surface area (Å²) in [7, 11) is 0. The minimum Gasteiger partial charge on any atom is -0.463 e. The first kappa shape index (κ1) is 27.4. The SMILES string of the molecule is CC(C)OC(=O)[C@@]1(C)CCC2(C)CC[C@]3(C)C(=CC(=O)C4C5(C)CCC(O)C(C)(C)C5CCC43C)C2C1. The molecule has 0 bridgehead atoms.